The van der Waals surface area contributed by atoms with E-state index in [4.69, 9.17) is 0 Å². The summed E-state index contributed by atoms with van der Waals surface area (Å²) in [7, 11) is 0. The molecule has 0 bridgehead atoms. The zero-order chi connectivity index (χ0) is 26.4. The summed E-state index contributed by atoms with van der Waals surface area (Å²) < 4.78 is 0. The topological polar surface area (TPSA) is 40.5 Å². The van der Waals surface area contributed by atoms with Crippen molar-refractivity contribution in [1.29, 1.82) is 0 Å². The largest absolute Gasteiger partial charge is 0.388 e. The molecule has 0 amide bonds. The van der Waals surface area contributed by atoms with Gasteiger partial charge in [0.15, 0.2) is 0 Å². The van der Waals surface area contributed by atoms with Crippen LogP contribution in [0.4, 0.5) is 0 Å². The molecule has 2 rings (SSSR count). The van der Waals surface area contributed by atoms with Crippen LogP contribution < -0.4 is 0 Å². The summed E-state index contributed by atoms with van der Waals surface area (Å²) in [4.78, 5) is 0. The molecule has 2 N–H and O–H groups in total. The van der Waals surface area contributed by atoms with E-state index >= 15 is 0 Å². The smallest absolute Gasteiger partial charge is 0.0846 e. The predicted molar refractivity (Wildman–Crippen MR) is 157 cm³/mol. The van der Waals surface area contributed by atoms with E-state index in [0.29, 0.717) is 0 Å². The van der Waals surface area contributed by atoms with E-state index in [1.165, 1.54) is 62.5 Å². The molecule has 0 aliphatic heterocycles. The van der Waals surface area contributed by atoms with Crippen LogP contribution in [0.1, 0.15) is 137 Å². The zero-order valence-electron chi connectivity index (χ0n) is 24.4. The van der Waals surface area contributed by atoms with Crippen molar-refractivity contribution in [2.24, 2.45) is 16.7 Å². The number of allylic oxidation sites excluding steroid dienone is 4. The standard InChI is InChI=1S/C34H58O2/c1-6-10-14-20-29-22-18-26-33(31(29)35,24-16-12-8-3)28(5)34(25-17-13-9-4)27-19-23-30(32(34)36)21-15-11-7-2/h18-19,22-23,26-28,31-32,35-36H,6-17,20-21,24-25H2,1-5H3. The second kappa shape index (κ2) is 16.0. The van der Waals surface area contributed by atoms with Gasteiger partial charge in [-0.3, -0.25) is 0 Å². The molecule has 0 radical (unpaired) electrons. The third kappa shape index (κ3) is 7.47. The SMILES string of the molecule is CCCCCC1=CC=CC(CCCCC)(C(C)C2(CCCCC)C=CC=C(CCCCC)C2O)C1O. The molecular formula is C34H58O2. The van der Waals surface area contributed by atoms with Crippen molar-refractivity contribution in [1.82, 2.24) is 0 Å². The third-order valence-corrected chi connectivity index (χ3v) is 9.33. The Balaban J connectivity index is 2.46. The molecule has 2 aliphatic rings. The van der Waals surface area contributed by atoms with E-state index < -0.39 is 12.2 Å². The van der Waals surface area contributed by atoms with Gasteiger partial charge in [-0.1, -0.05) is 135 Å². The van der Waals surface area contributed by atoms with Crippen molar-refractivity contribution >= 4 is 0 Å². The molecule has 2 nitrogen and oxygen atoms in total. The van der Waals surface area contributed by atoms with Gasteiger partial charge in [-0.05, 0) is 55.6 Å². The molecule has 206 valence electrons. The summed E-state index contributed by atoms with van der Waals surface area (Å²) in [6.07, 6.45) is 30.5. The van der Waals surface area contributed by atoms with E-state index in [1.54, 1.807) is 0 Å². The van der Waals surface area contributed by atoms with Gasteiger partial charge in [0.2, 0.25) is 0 Å². The van der Waals surface area contributed by atoms with Gasteiger partial charge >= 0.3 is 0 Å². The van der Waals surface area contributed by atoms with Crippen molar-refractivity contribution in [2.45, 2.75) is 150 Å². The van der Waals surface area contributed by atoms with E-state index in [9.17, 15) is 10.2 Å². The molecule has 0 saturated heterocycles. The lowest BCUT2D eigenvalue weighted by atomic mass is 9.52. The maximum absolute atomic E-state index is 12.1. The van der Waals surface area contributed by atoms with Gasteiger partial charge in [-0.25, -0.2) is 0 Å². The summed E-state index contributed by atoms with van der Waals surface area (Å²) in [5, 5.41) is 24.1. The Morgan fingerprint density at radius 3 is 1.33 bits per heavy atom. The molecular weight excluding hydrogens is 440 g/mol. The average Bonchev–Trinajstić information content (AvgIpc) is 2.88. The van der Waals surface area contributed by atoms with E-state index in [0.717, 1.165) is 51.4 Å². The van der Waals surface area contributed by atoms with Crippen LogP contribution >= 0.6 is 0 Å². The molecule has 36 heavy (non-hydrogen) atoms. The highest BCUT2D eigenvalue weighted by Gasteiger charge is 2.54. The minimum absolute atomic E-state index is 0.140. The van der Waals surface area contributed by atoms with Gasteiger partial charge in [0, 0.05) is 10.8 Å². The van der Waals surface area contributed by atoms with Crippen LogP contribution in [0.15, 0.2) is 47.6 Å². The Morgan fingerprint density at radius 2 is 0.972 bits per heavy atom. The Labute approximate surface area is 224 Å². The van der Waals surface area contributed by atoms with Crippen molar-refractivity contribution in [3.63, 3.8) is 0 Å². The number of rotatable bonds is 18. The van der Waals surface area contributed by atoms with Gasteiger partial charge in [-0.2, -0.15) is 0 Å². The minimum atomic E-state index is -0.468. The first-order chi connectivity index (χ1) is 17.4. The fourth-order valence-electron chi connectivity index (χ4n) is 6.85. The number of aliphatic hydroxyl groups is 2. The molecule has 2 aliphatic carbocycles. The first kappa shape index (κ1) is 31.1. The molecule has 0 saturated carbocycles. The normalized spacial score (nSPS) is 28.8. The van der Waals surface area contributed by atoms with Crippen LogP contribution in [0.25, 0.3) is 0 Å². The van der Waals surface area contributed by atoms with Gasteiger partial charge in [0.25, 0.3) is 0 Å². The molecule has 0 aromatic carbocycles. The molecule has 2 heteroatoms. The van der Waals surface area contributed by atoms with Gasteiger partial charge in [0.1, 0.15) is 0 Å². The number of aliphatic hydroxyl groups excluding tert-OH is 2. The lowest BCUT2D eigenvalue weighted by Gasteiger charge is -2.54. The van der Waals surface area contributed by atoms with Gasteiger partial charge < -0.3 is 10.2 Å². The Morgan fingerprint density at radius 1 is 0.611 bits per heavy atom. The minimum Gasteiger partial charge on any atom is -0.388 e. The maximum atomic E-state index is 12.1. The van der Waals surface area contributed by atoms with Gasteiger partial charge in [0.05, 0.1) is 12.2 Å². The fraction of sp³-hybridized carbons (Fsp3) is 0.765. The van der Waals surface area contributed by atoms with Crippen LogP contribution in [0.2, 0.25) is 0 Å². The number of unbranched alkanes of at least 4 members (excludes halogenated alkanes) is 8. The molecule has 0 spiro atoms. The highest BCUT2D eigenvalue weighted by molar-refractivity contribution is 5.35. The second-order valence-corrected chi connectivity index (χ2v) is 11.8. The first-order valence-electron chi connectivity index (χ1n) is 15.6. The summed E-state index contributed by atoms with van der Waals surface area (Å²) in [5.74, 6) is 0.140. The highest BCUT2D eigenvalue weighted by atomic mass is 16.3. The number of hydrogen-bond donors (Lipinski definition) is 2. The molecule has 0 fully saturated rings. The third-order valence-electron chi connectivity index (χ3n) is 9.33. The van der Waals surface area contributed by atoms with Crippen molar-refractivity contribution < 1.29 is 10.2 Å². The van der Waals surface area contributed by atoms with Crippen molar-refractivity contribution in [2.75, 3.05) is 0 Å². The molecule has 4 unspecified atom stereocenters. The van der Waals surface area contributed by atoms with Crippen LogP contribution in [0, 0.1) is 16.7 Å². The van der Waals surface area contributed by atoms with E-state index in [-0.39, 0.29) is 16.7 Å². The summed E-state index contributed by atoms with van der Waals surface area (Å²) in [5.41, 5.74) is 1.72. The zero-order valence-corrected chi connectivity index (χ0v) is 24.4. The summed E-state index contributed by atoms with van der Waals surface area (Å²) in [6.45, 7) is 11.3. The lowest BCUT2D eigenvalue weighted by Crippen LogP contribution is -2.53. The van der Waals surface area contributed by atoms with Crippen LogP contribution in [-0.4, -0.2) is 22.4 Å². The quantitative estimate of drug-likeness (QED) is 0.185. The molecule has 0 heterocycles. The predicted octanol–water partition coefficient (Wildman–Crippen LogP) is 9.63. The first-order valence-corrected chi connectivity index (χ1v) is 15.6. The summed E-state index contributed by atoms with van der Waals surface area (Å²) >= 11 is 0. The average molecular weight is 499 g/mol. The van der Waals surface area contributed by atoms with Crippen molar-refractivity contribution in [3.8, 4) is 0 Å². The lowest BCUT2D eigenvalue weighted by molar-refractivity contribution is -0.0570. The Bertz CT molecular complexity index is 682. The second-order valence-electron chi connectivity index (χ2n) is 11.8. The van der Waals surface area contributed by atoms with E-state index in [1.807, 2.05) is 0 Å². The molecule has 0 aromatic rings. The van der Waals surface area contributed by atoms with Gasteiger partial charge in [-0.15, -0.1) is 0 Å². The van der Waals surface area contributed by atoms with Crippen LogP contribution in [0.3, 0.4) is 0 Å². The van der Waals surface area contributed by atoms with Crippen LogP contribution in [0.5, 0.6) is 0 Å². The van der Waals surface area contributed by atoms with Crippen molar-refractivity contribution in [3.05, 3.63) is 47.6 Å². The number of hydrogen-bond acceptors (Lipinski definition) is 2. The fourth-order valence-corrected chi connectivity index (χ4v) is 6.85. The Hall–Kier alpha value is -1.12. The van der Waals surface area contributed by atoms with Crippen LogP contribution in [-0.2, 0) is 0 Å². The van der Waals surface area contributed by atoms with E-state index in [2.05, 4.69) is 71.1 Å². The molecule has 0 aromatic heterocycles. The monoisotopic (exact) mass is 498 g/mol. The summed E-state index contributed by atoms with van der Waals surface area (Å²) in [6, 6.07) is 0. The maximum Gasteiger partial charge on any atom is 0.0846 e. The Kier molecular flexibility index (Phi) is 13.8. The highest BCUT2D eigenvalue weighted by Crippen LogP contribution is 2.56. The molecule has 4 atom stereocenters.